The highest BCUT2D eigenvalue weighted by molar-refractivity contribution is 7.83. The molecule has 0 radical (unpaired) electrons. The van der Waals surface area contributed by atoms with Crippen molar-refractivity contribution in [1.82, 2.24) is 4.72 Å². The molecule has 0 bridgehead atoms. The monoisotopic (exact) mass is 441 g/mol. The molecule has 4 aliphatic carbocycles. The molecule has 30 heavy (non-hydrogen) atoms. The maximum atomic E-state index is 11.8. The second kappa shape index (κ2) is 8.04. The van der Waals surface area contributed by atoms with Gasteiger partial charge in [0.2, 0.25) is 0 Å². The summed E-state index contributed by atoms with van der Waals surface area (Å²) in [7, 11) is -4.23. The summed E-state index contributed by atoms with van der Waals surface area (Å²) < 4.78 is 36.0. The molecule has 6 nitrogen and oxygen atoms in total. The summed E-state index contributed by atoms with van der Waals surface area (Å²) in [6.07, 6.45) is 12.2. The van der Waals surface area contributed by atoms with E-state index >= 15 is 0 Å². The van der Waals surface area contributed by atoms with Gasteiger partial charge in [-0.15, -0.1) is 0 Å². The highest BCUT2D eigenvalue weighted by Crippen LogP contribution is 2.67. The number of nitrogens with one attached hydrogen (secondary N) is 1. The maximum Gasteiger partial charge on any atom is 0.333 e. The molecule has 0 aromatic heterocycles. The van der Waals surface area contributed by atoms with E-state index in [1.54, 1.807) is 0 Å². The van der Waals surface area contributed by atoms with Crippen molar-refractivity contribution >= 4 is 16.3 Å². The molecule has 4 fully saturated rings. The zero-order chi connectivity index (χ0) is 21.7. The Morgan fingerprint density at radius 2 is 1.77 bits per heavy atom. The quantitative estimate of drug-likeness (QED) is 0.520. The Hall–Kier alpha value is -0.660. The van der Waals surface area contributed by atoms with Gasteiger partial charge >= 0.3 is 16.3 Å². The average molecular weight is 442 g/mol. The summed E-state index contributed by atoms with van der Waals surface area (Å²) in [6.45, 7) is 4.84. The summed E-state index contributed by atoms with van der Waals surface area (Å²) >= 11 is 0. The van der Waals surface area contributed by atoms with Crippen LogP contribution in [0.15, 0.2) is 0 Å². The standard InChI is InChI=1S/C23H39NO5S/c1-22-12-4-3-6-16(22)14-19(24-30(27,28)29)21-17-10-9-15(7-5-8-20(25)26)23(17,2)13-11-18(21)22/h15-19,21,24H,3-14H2,1-2H3,(H,25,26)(H,27,28,29)/t15-,16?,17-,18?,19?,21?,22?,23?/m0/s1. The minimum Gasteiger partial charge on any atom is -0.481 e. The molecule has 0 amide bonds. The van der Waals surface area contributed by atoms with Crippen molar-refractivity contribution in [2.75, 3.05) is 0 Å². The first-order valence-electron chi connectivity index (χ1n) is 12.0. The van der Waals surface area contributed by atoms with Crippen LogP contribution in [-0.4, -0.2) is 30.1 Å². The van der Waals surface area contributed by atoms with Gasteiger partial charge in [0.25, 0.3) is 0 Å². The molecule has 0 aliphatic heterocycles. The first-order chi connectivity index (χ1) is 14.0. The molecule has 8 atom stereocenters. The van der Waals surface area contributed by atoms with Crippen LogP contribution < -0.4 is 4.72 Å². The fourth-order valence-corrected chi connectivity index (χ4v) is 9.33. The van der Waals surface area contributed by atoms with Gasteiger partial charge in [-0.05, 0) is 98.2 Å². The molecular weight excluding hydrogens is 402 g/mol. The van der Waals surface area contributed by atoms with Crippen molar-refractivity contribution in [2.24, 2.45) is 40.4 Å². The van der Waals surface area contributed by atoms with E-state index < -0.39 is 16.3 Å². The van der Waals surface area contributed by atoms with Gasteiger partial charge in [0.1, 0.15) is 0 Å². The molecule has 4 saturated carbocycles. The average Bonchev–Trinajstić information content (AvgIpc) is 2.97. The fraction of sp³-hybridized carbons (Fsp3) is 0.957. The van der Waals surface area contributed by atoms with E-state index in [1.165, 1.54) is 25.7 Å². The van der Waals surface area contributed by atoms with E-state index in [0.717, 1.165) is 44.9 Å². The molecule has 0 saturated heterocycles. The highest BCUT2D eigenvalue weighted by atomic mass is 32.2. The number of carbonyl (C=O) groups is 1. The van der Waals surface area contributed by atoms with Crippen LogP contribution in [0.3, 0.4) is 0 Å². The van der Waals surface area contributed by atoms with Crippen LogP contribution in [-0.2, 0) is 15.1 Å². The molecule has 0 aromatic rings. The molecule has 4 aliphatic rings. The summed E-state index contributed by atoms with van der Waals surface area (Å²) in [4.78, 5) is 11.0. The van der Waals surface area contributed by atoms with Gasteiger partial charge in [0, 0.05) is 12.5 Å². The van der Waals surface area contributed by atoms with E-state index in [2.05, 4.69) is 18.6 Å². The third-order valence-electron chi connectivity index (χ3n) is 10.1. The number of rotatable bonds is 6. The van der Waals surface area contributed by atoms with Crippen molar-refractivity contribution in [3.63, 3.8) is 0 Å². The largest absolute Gasteiger partial charge is 0.481 e. The fourth-order valence-electron chi connectivity index (χ4n) is 8.70. The number of hydrogen-bond donors (Lipinski definition) is 3. The predicted octanol–water partition coefficient (Wildman–Crippen LogP) is 4.66. The number of fused-ring (bicyclic) bond motifs is 5. The lowest BCUT2D eigenvalue weighted by atomic mass is 9.43. The van der Waals surface area contributed by atoms with Crippen LogP contribution in [0.4, 0.5) is 0 Å². The van der Waals surface area contributed by atoms with Gasteiger partial charge in [-0.1, -0.05) is 26.7 Å². The molecule has 6 unspecified atom stereocenters. The number of hydrogen-bond acceptors (Lipinski definition) is 3. The van der Waals surface area contributed by atoms with Crippen molar-refractivity contribution < 1.29 is 22.9 Å². The maximum absolute atomic E-state index is 11.8. The van der Waals surface area contributed by atoms with Crippen LogP contribution in [0.1, 0.15) is 90.9 Å². The summed E-state index contributed by atoms with van der Waals surface area (Å²) in [6, 6.07) is -0.177. The lowest BCUT2D eigenvalue weighted by molar-refractivity contribution is -0.137. The SMILES string of the molecule is CC12CCCCC1CC(NS(=O)(=O)O)C1C2CCC2(C)[C@@H](CCCC(=O)O)CC[C@@H]12. The normalized spacial score (nSPS) is 46.0. The molecule has 0 heterocycles. The van der Waals surface area contributed by atoms with E-state index in [0.29, 0.717) is 23.7 Å². The molecule has 172 valence electrons. The van der Waals surface area contributed by atoms with Gasteiger partial charge < -0.3 is 5.11 Å². The van der Waals surface area contributed by atoms with Crippen LogP contribution in [0.5, 0.6) is 0 Å². The zero-order valence-corrected chi connectivity index (χ0v) is 19.3. The Labute approximate surface area is 181 Å². The summed E-state index contributed by atoms with van der Waals surface area (Å²) in [5.74, 6) is 1.56. The van der Waals surface area contributed by atoms with E-state index in [4.69, 9.17) is 5.11 Å². The first kappa shape index (κ1) is 22.5. The molecule has 0 spiro atoms. The first-order valence-corrected chi connectivity index (χ1v) is 13.4. The topological polar surface area (TPSA) is 104 Å². The Kier molecular flexibility index (Phi) is 6.04. The lowest BCUT2D eigenvalue weighted by Gasteiger charge is -2.62. The van der Waals surface area contributed by atoms with Crippen LogP contribution in [0, 0.1) is 40.4 Å². The smallest absolute Gasteiger partial charge is 0.333 e. The number of carboxylic acids is 1. The minimum atomic E-state index is -4.23. The van der Waals surface area contributed by atoms with Gasteiger partial charge in [-0.3, -0.25) is 9.35 Å². The lowest BCUT2D eigenvalue weighted by Crippen LogP contribution is -2.61. The third kappa shape index (κ3) is 3.95. The van der Waals surface area contributed by atoms with E-state index in [9.17, 15) is 17.8 Å². The van der Waals surface area contributed by atoms with Crippen LogP contribution in [0.25, 0.3) is 0 Å². The Balaban J connectivity index is 1.61. The Bertz CT molecular complexity index is 770. The predicted molar refractivity (Wildman–Crippen MR) is 115 cm³/mol. The molecule has 7 heteroatoms. The van der Waals surface area contributed by atoms with E-state index in [1.807, 2.05) is 0 Å². The van der Waals surface area contributed by atoms with Gasteiger partial charge in [-0.25, -0.2) is 0 Å². The minimum absolute atomic E-state index is 0.149. The van der Waals surface area contributed by atoms with Crippen molar-refractivity contribution in [3.05, 3.63) is 0 Å². The van der Waals surface area contributed by atoms with E-state index in [-0.39, 0.29) is 29.2 Å². The van der Waals surface area contributed by atoms with Gasteiger partial charge in [-0.2, -0.15) is 13.1 Å². The van der Waals surface area contributed by atoms with Gasteiger partial charge in [0.05, 0.1) is 0 Å². The summed E-state index contributed by atoms with van der Waals surface area (Å²) in [5.41, 5.74) is 0.430. The number of aliphatic carboxylic acids is 1. The molecule has 0 aromatic carbocycles. The number of carboxylic acid groups (broad SMARTS) is 1. The highest BCUT2D eigenvalue weighted by Gasteiger charge is 2.62. The van der Waals surface area contributed by atoms with Crippen LogP contribution in [0.2, 0.25) is 0 Å². The molecular formula is C23H39NO5S. The Morgan fingerprint density at radius 1 is 1.03 bits per heavy atom. The molecule has 3 N–H and O–H groups in total. The van der Waals surface area contributed by atoms with Crippen molar-refractivity contribution in [2.45, 2.75) is 96.9 Å². The second-order valence-electron chi connectivity index (χ2n) is 11.3. The summed E-state index contributed by atoms with van der Waals surface area (Å²) in [5, 5.41) is 9.03. The third-order valence-corrected chi connectivity index (χ3v) is 10.7. The van der Waals surface area contributed by atoms with Crippen LogP contribution >= 0.6 is 0 Å². The zero-order valence-electron chi connectivity index (χ0n) is 18.5. The Morgan fingerprint density at radius 3 is 2.47 bits per heavy atom. The second-order valence-corrected chi connectivity index (χ2v) is 12.5. The van der Waals surface area contributed by atoms with Gasteiger partial charge in [0.15, 0.2) is 0 Å². The van der Waals surface area contributed by atoms with Crippen molar-refractivity contribution in [3.8, 4) is 0 Å². The van der Waals surface area contributed by atoms with Crippen molar-refractivity contribution in [1.29, 1.82) is 0 Å². The molecule has 4 rings (SSSR count).